The lowest BCUT2D eigenvalue weighted by molar-refractivity contribution is 0.413. The van der Waals surface area contributed by atoms with Gasteiger partial charge in [-0.25, -0.2) is 0 Å². The van der Waals surface area contributed by atoms with Crippen molar-refractivity contribution in [1.29, 1.82) is 0 Å². The number of nitrogens with one attached hydrogen (secondary N) is 1. The van der Waals surface area contributed by atoms with Crippen molar-refractivity contribution in [2.24, 2.45) is 0 Å². The van der Waals surface area contributed by atoms with E-state index in [0.717, 1.165) is 24.9 Å². The van der Waals surface area contributed by atoms with E-state index in [9.17, 15) is 0 Å². The maximum absolute atomic E-state index is 5.92. The normalized spacial score (nSPS) is 10.7. The molecule has 19 heavy (non-hydrogen) atoms. The number of aromatic nitrogens is 2. The van der Waals surface area contributed by atoms with Crippen LogP contribution in [0.25, 0.3) is 11.5 Å². The fourth-order valence-electron chi connectivity index (χ4n) is 1.72. The molecule has 0 atom stereocenters. The maximum atomic E-state index is 5.92. The van der Waals surface area contributed by atoms with Crippen molar-refractivity contribution < 1.29 is 9.15 Å². The third-order valence-corrected chi connectivity index (χ3v) is 2.91. The highest BCUT2D eigenvalue weighted by Crippen LogP contribution is 2.31. The summed E-state index contributed by atoms with van der Waals surface area (Å²) < 4.78 is 10.9. The fourth-order valence-corrected chi connectivity index (χ4v) is 1.88. The molecule has 0 fully saturated rings. The minimum Gasteiger partial charge on any atom is -0.496 e. The summed E-state index contributed by atoms with van der Waals surface area (Å²) in [6.45, 7) is 0.919. The molecule has 0 aliphatic heterocycles. The SMILES string of the molecule is CNCCCc1nnc(-c2ccc(Cl)cc2OC)o1. The fraction of sp³-hybridized carbons (Fsp3) is 0.385. The Labute approximate surface area is 116 Å². The van der Waals surface area contributed by atoms with Gasteiger partial charge in [-0.3, -0.25) is 0 Å². The average molecular weight is 282 g/mol. The summed E-state index contributed by atoms with van der Waals surface area (Å²) in [4.78, 5) is 0. The first kappa shape index (κ1) is 13.8. The van der Waals surface area contributed by atoms with Crippen LogP contribution < -0.4 is 10.1 Å². The molecule has 0 aliphatic carbocycles. The Morgan fingerprint density at radius 2 is 2.21 bits per heavy atom. The Balaban J connectivity index is 2.18. The van der Waals surface area contributed by atoms with E-state index >= 15 is 0 Å². The van der Waals surface area contributed by atoms with Crippen molar-refractivity contribution >= 4 is 11.6 Å². The molecular weight excluding hydrogens is 266 g/mol. The lowest BCUT2D eigenvalue weighted by Gasteiger charge is -2.04. The molecule has 1 aromatic carbocycles. The highest BCUT2D eigenvalue weighted by molar-refractivity contribution is 6.30. The van der Waals surface area contributed by atoms with Crippen molar-refractivity contribution in [3.05, 3.63) is 29.1 Å². The first-order valence-corrected chi connectivity index (χ1v) is 6.43. The van der Waals surface area contributed by atoms with Crippen LogP contribution in [0.1, 0.15) is 12.3 Å². The van der Waals surface area contributed by atoms with Crippen molar-refractivity contribution in [1.82, 2.24) is 15.5 Å². The Morgan fingerprint density at radius 3 is 2.95 bits per heavy atom. The average Bonchev–Trinajstić information content (AvgIpc) is 2.87. The molecule has 0 spiro atoms. The van der Waals surface area contributed by atoms with E-state index in [0.29, 0.717) is 22.6 Å². The van der Waals surface area contributed by atoms with E-state index in [1.165, 1.54) is 0 Å². The predicted octanol–water partition coefficient (Wildman–Crippen LogP) is 2.55. The van der Waals surface area contributed by atoms with Crippen molar-refractivity contribution in [2.75, 3.05) is 20.7 Å². The smallest absolute Gasteiger partial charge is 0.251 e. The Hall–Kier alpha value is -1.59. The van der Waals surface area contributed by atoms with Gasteiger partial charge in [0, 0.05) is 11.4 Å². The minimum absolute atomic E-state index is 0.452. The van der Waals surface area contributed by atoms with Crippen molar-refractivity contribution in [3.8, 4) is 17.2 Å². The van der Waals surface area contributed by atoms with Gasteiger partial charge in [0.15, 0.2) is 0 Å². The van der Waals surface area contributed by atoms with Gasteiger partial charge in [0.2, 0.25) is 5.89 Å². The number of rotatable bonds is 6. The van der Waals surface area contributed by atoms with Crippen LogP contribution in [-0.4, -0.2) is 30.9 Å². The lowest BCUT2D eigenvalue weighted by atomic mass is 10.2. The molecule has 0 aliphatic rings. The summed E-state index contributed by atoms with van der Waals surface area (Å²) in [6.07, 6.45) is 1.71. The molecule has 1 N–H and O–H groups in total. The molecule has 0 amide bonds. The van der Waals surface area contributed by atoms with E-state index < -0.39 is 0 Å². The number of halogens is 1. The Morgan fingerprint density at radius 1 is 1.37 bits per heavy atom. The van der Waals surface area contributed by atoms with Crippen LogP contribution in [0, 0.1) is 0 Å². The summed E-state index contributed by atoms with van der Waals surface area (Å²) in [5, 5.41) is 11.8. The van der Waals surface area contributed by atoms with E-state index in [1.54, 1.807) is 19.2 Å². The van der Waals surface area contributed by atoms with E-state index in [2.05, 4.69) is 15.5 Å². The predicted molar refractivity (Wildman–Crippen MR) is 73.5 cm³/mol. The second-order valence-electron chi connectivity index (χ2n) is 4.05. The highest BCUT2D eigenvalue weighted by Gasteiger charge is 2.13. The molecule has 0 saturated carbocycles. The summed E-state index contributed by atoms with van der Waals surface area (Å²) >= 11 is 5.92. The van der Waals surface area contributed by atoms with Crippen LogP contribution in [-0.2, 0) is 6.42 Å². The number of ether oxygens (including phenoxy) is 1. The second kappa shape index (κ2) is 6.54. The van der Waals surface area contributed by atoms with Gasteiger partial charge in [-0.15, -0.1) is 10.2 Å². The lowest BCUT2D eigenvalue weighted by Crippen LogP contribution is -2.08. The topological polar surface area (TPSA) is 60.2 Å². The van der Waals surface area contributed by atoms with Crippen LogP contribution in [0.5, 0.6) is 5.75 Å². The summed E-state index contributed by atoms with van der Waals surface area (Å²) in [7, 11) is 3.50. The number of hydrogen-bond donors (Lipinski definition) is 1. The zero-order valence-corrected chi connectivity index (χ0v) is 11.7. The number of nitrogens with zero attached hydrogens (tertiary/aromatic N) is 2. The minimum atomic E-state index is 0.452. The molecule has 0 bridgehead atoms. The number of aryl methyl sites for hydroxylation is 1. The molecule has 2 rings (SSSR count). The first-order chi connectivity index (χ1) is 9.24. The van der Waals surface area contributed by atoms with E-state index in [-0.39, 0.29) is 0 Å². The van der Waals surface area contributed by atoms with E-state index in [4.69, 9.17) is 20.8 Å². The summed E-state index contributed by atoms with van der Waals surface area (Å²) in [5.74, 6) is 1.70. The molecule has 0 radical (unpaired) electrons. The number of benzene rings is 1. The van der Waals surface area contributed by atoms with Gasteiger partial charge in [0.25, 0.3) is 5.89 Å². The zero-order valence-electron chi connectivity index (χ0n) is 10.9. The summed E-state index contributed by atoms with van der Waals surface area (Å²) in [5.41, 5.74) is 0.749. The van der Waals surface area contributed by atoms with E-state index in [1.807, 2.05) is 13.1 Å². The van der Waals surface area contributed by atoms with Crippen LogP contribution in [0.2, 0.25) is 5.02 Å². The molecule has 2 aromatic rings. The van der Waals surface area contributed by atoms with Crippen molar-refractivity contribution in [3.63, 3.8) is 0 Å². The van der Waals surface area contributed by atoms with Crippen LogP contribution in [0.15, 0.2) is 22.6 Å². The summed E-state index contributed by atoms with van der Waals surface area (Å²) in [6, 6.07) is 5.30. The quantitative estimate of drug-likeness (QED) is 0.825. The Kier molecular flexibility index (Phi) is 4.76. The number of hydrogen-bond acceptors (Lipinski definition) is 5. The third kappa shape index (κ3) is 3.45. The van der Waals surface area contributed by atoms with Crippen LogP contribution in [0.3, 0.4) is 0 Å². The third-order valence-electron chi connectivity index (χ3n) is 2.68. The zero-order chi connectivity index (χ0) is 13.7. The molecule has 5 nitrogen and oxygen atoms in total. The molecular formula is C13H16ClN3O2. The second-order valence-corrected chi connectivity index (χ2v) is 4.49. The molecule has 1 heterocycles. The van der Waals surface area contributed by atoms with Gasteiger partial charge >= 0.3 is 0 Å². The molecule has 6 heteroatoms. The largest absolute Gasteiger partial charge is 0.496 e. The van der Waals surface area contributed by atoms with Gasteiger partial charge in [0.1, 0.15) is 5.75 Å². The first-order valence-electron chi connectivity index (χ1n) is 6.05. The molecule has 0 unspecified atom stereocenters. The standard InChI is InChI=1S/C13H16ClN3O2/c1-15-7-3-4-12-16-17-13(19-12)10-6-5-9(14)8-11(10)18-2/h5-6,8,15H,3-4,7H2,1-2H3. The van der Waals surface area contributed by atoms with Crippen molar-refractivity contribution in [2.45, 2.75) is 12.8 Å². The number of methoxy groups -OCH3 is 1. The monoisotopic (exact) mass is 281 g/mol. The maximum Gasteiger partial charge on any atom is 0.251 e. The van der Waals surface area contributed by atoms with Gasteiger partial charge in [-0.1, -0.05) is 11.6 Å². The van der Waals surface area contributed by atoms with Gasteiger partial charge in [-0.2, -0.15) is 0 Å². The molecule has 0 saturated heterocycles. The highest BCUT2D eigenvalue weighted by atomic mass is 35.5. The van der Waals surface area contributed by atoms with Gasteiger partial charge < -0.3 is 14.5 Å². The molecule has 1 aromatic heterocycles. The van der Waals surface area contributed by atoms with Gasteiger partial charge in [-0.05, 0) is 38.2 Å². The molecule has 102 valence electrons. The Bertz CT molecular complexity index is 542. The van der Waals surface area contributed by atoms with Gasteiger partial charge in [0.05, 0.1) is 12.7 Å². The van der Waals surface area contributed by atoms with Crippen LogP contribution in [0.4, 0.5) is 0 Å². The van der Waals surface area contributed by atoms with Crippen LogP contribution >= 0.6 is 11.6 Å².